The number of hydrogen-bond donors (Lipinski definition) is 1. The smallest absolute Gasteiger partial charge is 0.0608 e. The molecule has 1 aliphatic rings. The van der Waals surface area contributed by atoms with Gasteiger partial charge in [0.2, 0.25) is 0 Å². The summed E-state index contributed by atoms with van der Waals surface area (Å²) in [4.78, 5) is 2.43. The van der Waals surface area contributed by atoms with Gasteiger partial charge in [0.05, 0.1) is 6.10 Å². The van der Waals surface area contributed by atoms with Crippen molar-refractivity contribution in [1.29, 1.82) is 0 Å². The Balaban J connectivity index is 2.06. The predicted octanol–water partition coefficient (Wildman–Crippen LogP) is 2.85. The van der Waals surface area contributed by atoms with Crippen molar-refractivity contribution in [2.45, 2.75) is 32.3 Å². The second-order valence-corrected chi connectivity index (χ2v) is 5.39. The van der Waals surface area contributed by atoms with Gasteiger partial charge in [-0.05, 0) is 56.5 Å². The van der Waals surface area contributed by atoms with E-state index >= 15 is 0 Å². The topological polar surface area (TPSA) is 38.5 Å². The molecule has 0 unspecified atom stereocenters. The Morgan fingerprint density at radius 3 is 2.74 bits per heavy atom. The monoisotopic (exact) mass is 282 g/mol. The van der Waals surface area contributed by atoms with Crippen molar-refractivity contribution in [1.82, 2.24) is 0 Å². The predicted molar refractivity (Wildman–Crippen MR) is 81.1 cm³/mol. The molecule has 1 heterocycles. The van der Waals surface area contributed by atoms with Crippen LogP contribution < -0.4 is 10.6 Å². The number of hydrogen-bond acceptors (Lipinski definition) is 3. The number of anilines is 1. The molecule has 0 aromatic heterocycles. The van der Waals surface area contributed by atoms with Crippen LogP contribution in [0.1, 0.15) is 25.3 Å². The molecule has 0 atom stereocenters. The summed E-state index contributed by atoms with van der Waals surface area (Å²) in [6, 6.07) is 6.12. The second kappa shape index (κ2) is 7.13. The highest BCUT2D eigenvalue weighted by atomic mass is 35.5. The summed E-state index contributed by atoms with van der Waals surface area (Å²) in [5.74, 6) is 0. The molecule has 2 N–H and O–H groups in total. The molecule has 0 spiro atoms. The second-order valence-electron chi connectivity index (χ2n) is 4.95. The highest BCUT2D eigenvalue weighted by Crippen LogP contribution is 2.28. The summed E-state index contributed by atoms with van der Waals surface area (Å²) in [5, 5.41) is 0.788. The molecule has 0 amide bonds. The standard InChI is InChI=1S/C15H23ClN2O/c1-2-19-14-6-9-18(10-7-14)15-4-3-13(16)11-12(15)5-8-17/h3-4,11,14H,2,5-10,17H2,1H3. The summed E-state index contributed by atoms with van der Waals surface area (Å²) in [5.41, 5.74) is 8.23. The van der Waals surface area contributed by atoms with E-state index in [1.54, 1.807) is 0 Å². The Bertz CT molecular complexity index is 403. The first kappa shape index (κ1) is 14.6. The van der Waals surface area contributed by atoms with Crippen LogP contribution in [0.15, 0.2) is 18.2 Å². The first-order chi connectivity index (χ1) is 9.24. The first-order valence-corrected chi connectivity index (χ1v) is 7.47. The number of nitrogens with two attached hydrogens (primary N) is 1. The van der Waals surface area contributed by atoms with E-state index in [1.165, 1.54) is 11.3 Å². The zero-order chi connectivity index (χ0) is 13.7. The van der Waals surface area contributed by atoms with Gasteiger partial charge in [-0.15, -0.1) is 0 Å². The summed E-state index contributed by atoms with van der Waals surface area (Å²) in [7, 11) is 0. The fourth-order valence-corrected chi connectivity index (χ4v) is 2.91. The third kappa shape index (κ3) is 3.85. The highest BCUT2D eigenvalue weighted by Gasteiger charge is 2.21. The van der Waals surface area contributed by atoms with Crippen LogP contribution in [0, 0.1) is 0 Å². The van der Waals surface area contributed by atoms with E-state index in [2.05, 4.69) is 17.9 Å². The number of nitrogens with zero attached hydrogens (tertiary/aromatic N) is 1. The molecule has 0 aliphatic carbocycles. The molecule has 1 aliphatic heterocycles. The van der Waals surface area contributed by atoms with Crippen LogP contribution >= 0.6 is 11.6 Å². The Morgan fingerprint density at radius 1 is 1.37 bits per heavy atom. The Labute approximate surface area is 120 Å². The molecular weight excluding hydrogens is 260 g/mol. The lowest BCUT2D eigenvalue weighted by Gasteiger charge is -2.34. The van der Waals surface area contributed by atoms with E-state index in [4.69, 9.17) is 22.1 Å². The third-order valence-electron chi connectivity index (χ3n) is 3.64. The van der Waals surface area contributed by atoms with Crippen molar-refractivity contribution in [2.24, 2.45) is 5.73 Å². The maximum Gasteiger partial charge on any atom is 0.0608 e. The first-order valence-electron chi connectivity index (χ1n) is 7.09. The van der Waals surface area contributed by atoms with E-state index in [-0.39, 0.29) is 0 Å². The lowest BCUT2D eigenvalue weighted by molar-refractivity contribution is 0.0459. The lowest BCUT2D eigenvalue weighted by Crippen LogP contribution is -2.37. The summed E-state index contributed by atoms with van der Waals surface area (Å²) in [6.45, 7) is 5.62. The molecule has 0 saturated carbocycles. The van der Waals surface area contributed by atoms with Crippen molar-refractivity contribution in [3.05, 3.63) is 28.8 Å². The van der Waals surface area contributed by atoms with Gasteiger partial charge >= 0.3 is 0 Å². The largest absolute Gasteiger partial charge is 0.378 e. The summed E-state index contributed by atoms with van der Waals surface area (Å²) < 4.78 is 5.70. The number of ether oxygens (including phenoxy) is 1. The molecule has 19 heavy (non-hydrogen) atoms. The van der Waals surface area contributed by atoms with Crippen molar-refractivity contribution < 1.29 is 4.74 Å². The molecule has 1 aromatic rings. The van der Waals surface area contributed by atoms with E-state index in [0.29, 0.717) is 12.6 Å². The Hall–Kier alpha value is -0.770. The van der Waals surface area contributed by atoms with Gasteiger partial charge in [0.1, 0.15) is 0 Å². The van der Waals surface area contributed by atoms with Crippen LogP contribution in [0.3, 0.4) is 0 Å². The van der Waals surface area contributed by atoms with Gasteiger partial charge in [0, 0.05) is 30.4 Å². The molecule has 3 nitrogen and oxygen atoms in total. The van der Waals surface area contributed by atoms with E-state index < -0.39 is 0 Å². The Kier molecular flexibility index (Phi) is 5.49. The third-order valence-corrected chi connectivity index (χ3v) is 3.88. The van der Waals surface area contributed by atoms with Crippen LogP contribution in [-0.2, 0) is 11.2 Å². The quantitative estimate of drug-likeness (QED) is 0.902. The zero-order valence-corrected chi connectivity index (χ0v) is 12.3. The van der Waals surface area contributed by atoms with Crippen LogP contribution in [-0.4, -0.2) is 32.3 Å². The average molecular weight is 283 g/mol. The normalized spacial score (nSPS) is 16.9. The van der Waals surface area contributed by atoms with E-state index in [0.717, 1.165) is 44.0 Å². The van der Waals surface area contributed by atoms with Gasteiger partial charge < -0.3 is 15.4 Å². The lowest BCUT2D eigenvalue weighted by atomic mass is 10.0. The number of rotatable bonds is 5. The fourth-order valence-electron chi connectivity index (χ4n) is 2.72. The molecule has 4 heteroatoms. The number of halogens is 1. The minimum absolute atomic E-state index is 0.423. The maximum atomic E-state index is 6.08. The van der Waals surface area contributed by atoms with Crippen LogP contribution in [0.25, 0.3) is 0 Å². The van der Waals surface area contributed by atoms with E-state index in [1.807, 2.05) is 12.1 Å². The van der Waals surface area contributed by atoms with Crippen molar-refractivity contribution in [2.75, 3.05) is 31.1 Å². The number of piperidine rings is 1. The Morgan fingerprint density at radius 2 is 2.11 bits per heavy atom. The van der Waals surface area contributed by atoms with Crippen molar-refractivity contribution in [3.8, 4) is 0 Å². The molecular formula is C15H23ClN2O. The van der Waals surface area contributed by atoms with Crippen molar-refractivity contribution in [3.63, 3.8) is 0 Å². The molecule has 1 aromatic carbocycles. The fraction of sp³-hybridized carbons (Fsp3) is 0.600. The van der Waals surface area contributed by atoms with Crippen LogP contribution in [0.5, 0.6) is 0 Å². The number of benzene rings is 1. The molecule has 2 rings (SSSR count). The van der Waals surface area contributed by atoms with Gasteiger partial charge in [-0.25, -0.2) is 0 Å². The highest BCUT2D eigenvalue weighted by molar-refractivity contribution is 6.30. The van der Waals surface area contributed by atoms with Gasteiger partial charge in [0.25, 0.3) is 0 Å². The summed E-state index contributed by atoms with van der Waals surface area (Å²) in [6.07, 6.45) is 3.49. The van der Waals surface area contributed by atoms with E-state index in [9.17, 15) is 0 Å². The van der Waals surface area contributed by atoms with Crippen LogP contribution in [0.2, 0.25) is 5.02 Å². The van der Waals surface area contributed by atoms with Crippen LogP contribution in [0.4, 0.5) is 5.69 Å². The summed E-state index contributed by atoms with van der Waals surface area (Å²) >= 11 is 6.08. The maximum absolute atomic E-state index is 6.08. The van der Waals surface area contributed by atoms with Gasteiger partial charge in [0.15, 0.2) is 0 Å². The molecule has 0 bridgehead atoms. The molecule has 106 valence electrons. The zero-order valence-electron chi connectivity index (χ0n) is 11.6. The molecule has 0 radical (unpaired) electrons. The van der Waals surface area contributed by atoms with Gasteiger partial charge in [-0.2, -0.15) is 0 Å². The molecule has 1 fully saturated rings. The average Bonchev–Trinajstić information content (AvgIpc) is 2.41. The van der Waals surface area contributed by atoms with Crippen molar-refractivity contribution >= 4 is 17.3 Å². The van der Waals surface area contributed by atoms with Gasteiger partial charge in [-0.3, -0.25) is 0 Å². The minimum Gasteiger partial charge on any atom is -0.378 e. The van der Waals surface area contributed by atoms with Gasteiger partial charge in [-0.1, -0.05) is 11.6 Å². The minimum atomic E-state index is 0.423. The SMILES string of the molecule is CCOC1CCN(c2ccc(Cl)cc2CCN)CC1. The molecule has 1 saturated heterocycles.